The number of pyridine rings is 1. The Labute approximate surface area is 144 Å². The summed E-state index contributed by atoms with van der Waals surface area (Å²) in [5.74, 6) is 0. The van der Waals surface area contributed by atoms with Crippen LogP contribution in [0.3, 0.4) is 0 Å². The fraction of sp³-hybridized carbons (Fsp3) is 0.647. The first-order valence-corrected chi connectivity index (χ1v) is 8.27. The molecule has 1 aromatic heterocycles. The van der Waals surface area contributed by atoms with E-state index in [2.05, 4.69) is 9.88 Å². The van der Waals surface area contributed by atoms with Crippen LogP contribution in [0.5, 0.6) is 0 Å². The van der Waals surface area contributed by atoms with Crippen molar-refractivity contribution in [3.63, 3.8) is 0 Å². The molecule has 0 aromatic carbocycles. The molecule has 136 valence electrons. The number of nitrogens with zero attached hydrogens (tertiary/aromatic N) is 3. The van der Waals surface area contributed by atoms with Gasteiger partial charge in [0.25, 0.3) is 0 Å². The SMILES string of the molecule is CC(C)(C)OC(=O)N1CCN(C(N)CCO)CC1.c1ccncc1. The normalized spacial score (nSPS) is 16.8. The molecule has 0 saturated carbocycles. The highest BCUT2D eigenvalue weighted by molar-refractivity contribution is 5.68. The molecule has 1 amide bonds. The lowest BCUT2D eigenvalue weighted by Crippen LogP contribution is -2.55. The number of nitrogens with two attached hydrogens (primary N) is 1. The van der Waals surface area contributed by atoms with E-state index >= 15 is 0 Å². The molecular weight excluding hydrogens is 308 g/mol. The molecule has 0 radical (unpaired) electrons. The second-order valence-corrected chi connectivity index (χ2v) is 6.61. The maximum atomic E-state index is 11.8. The Kier molecular flexibility index (Phi) is 8.67. The van der Waals surface area contributed by atoms with Crippen molar-refractivity contribution in [3.05, 3.63) is 30.6 Å². The van der Waals surface area contributed by atoms with Crippen LogP contribution in [0, 0.1) is 0 Å². The van der Waals surface area contributed by atoms with Gasteiger partial charge in [-0.3, -0.25) is 9.88 Å². The van der Waals surface area contributed by atoms with E-state index in [1.807, 2.05) is 39.0 Å². The average molecular weight is 338 g/mol. The molecule has 7 heteroatoms. The van der Waals surface area contributed by atoms with E-state index < -0.39 is 5.60 Å². The van der Waals surface area contributed by atoms with Crippen LogP contribution < -0.4 is 5.73 Å². The number of amides is 1. The standard InChI is InChI=1S/C12H25N3O3.C5H5N/c1-12(2,3)18-11(17)15-7-5-14(6-8-15)10(13)4-9-16;1-2-4-6-5-3-1/h10,16H,4-9,13H2,1-3H3;1-5H. The minimum atomic E-state index is -0.457. The third kappa shape index (κ3) is 8.24. The van der Waals surface area contributed by atoms with Gasteiger partial charge in [-0.2, -0.15) is 0 Å². The van der Waals surface area contributed by atoms with Gasteiger partial charge in [0.15, 0.2) is 0 Å². The van der Waals surface area contributed by atoms with Gasteiger partial charge in [-0.25, -0.2) is 4.79 Å². The van der Waals surface area contributed by atoms with Crippen LogP contribution in [0.1, 0.15) is 27.2 Å². The number of ether oxygens (including phenoxy) is 1. The zero-order valence-corrected chi connectivity index (χ0v) is 14.9. The lowest BCUT2D eigenvalue weighted by Gasteiger charge is -2.38. The molecule has 1 atom stereocenters. The van der Waals surface area contributed by atoms with E-state index in [4.69, 9.17) is 15.6 Å². The van der Waals surface area contributed by atoms with Crippen molar-refractivity contribution in [1.82, 2.24) is 14.8 Å². The first-order chi connectivity index (χ1) is 11.3. The van der Waals surface area contributed by atoms with Crippen molar-refractivity contribution >= 4 is 6.09 Å². The summed E-state index contributed by atoms with van der Waals surface area (Å²) in [5, 5.41) is 8.84. The molecule has 0 spiro atoms. The number of aliphatic hydroxyl groups excluding tert-OH is 1. The van der Waals surface area contributed by atoms with Gasteiger partial charge in [-0.1, -0.05) is 6.07 Å². The van der Waals surface area contributed by atoms with Crippen LogP contribution in [0.25, 0.3) is 0 Å². The maximum absolute atomic E-state index is 11.8. The predicted molar refractivity (Wildman–Crippen MR) is 93.3 cm³/mol. The van der Waals surface area contributed by atoms with E-state index in [0.29, 0.717) is 19.5 Å². The highest BCUT2D eigenvalue weighted by Crippen LogP contribution is 2.12. The van der Waals surface area contributed by atoms with Crippen molar-refractivity contribution in [2.45, 2.75) is 39.0 Å². The van der Waals surface area contributed by atoms with E-state index in [1.54, 1.807) is 17.3 Å². The van der Waals surface area contributed by atoms with Gasteiger partial charge >= 0.3 is 6.09 Å². The van der Waals surface area contributed by atoms with E-state index in [1.165, 1.54) is 0 Å². The van der Waals surface area contributed by atoms with Crippen LogP contribution in [-0.4, -0.2) is 70.5 Å². The molecule has 1 unspecified atom stereocenters. The van der Waals surface area contributed by atoms with E-state index in [-0.39, 0.29) is 18.9 Å². The summed E-state index contributed by atoms with van der Waals surface area (Å²) >= 11 is 0. The van der Waals surface area contributed by atoms with Crippen molar-refractivity contribution < 1.29 is 14.6 Å². The van der Waals surface area contributed by atoms with Gasteiger partial charge in [0.1, 0.15) is 5.60 Å². The lowest BCUT2D eigenvalue weighted by molar-refractivity contribution is 0.00927. The van der Waals surface area contributed by atoms with Crippen molar-refractivity contribution in [2.75, 3.05) is 32.8 Å². The molecule has 1 aromatic rings. The maximum Gasteiger partial charge on any atom is 0.410 e. The Bertz CT molecular complexity index is 430. The topological polar surface area (TPSA) is 91.9 Å². The minimum Gasteiger partial charge on any atom is -0.444 e. The third-order valence-corrected chi connectivity index (χ3v) is 3.43. The molecule has 24 heavy (non-hydrogen) atoms. The summed E-state index contributed by atoms with van der Waals surface area (Å²) in [5.41, 5.74) is 5.46. The first-order valence-electron chi connectivity index (χ1n) is 8.27. The van der Waals surface area contributed by atoms with Gasteiger partial charge in [0.2, 0.25) is 0 Å². The van der Waals surface area contributed by atoms with Gasteiger partial charge in [-0.05, 0) is 39.3 Å². The molecular formula is C17H30N4O3. The molecule has 1 aliphatic rings. The Morgan fingerprint density at radius 1 is 1.21 bits per heavy atom. The van der Waals surface area contributed by atoms with Gasteiger partial charge in [-0.15, -0.1) is 0 Å². The van der Waals surface area contributed by atoms with Crippen molar-refractivity contribution in [1.29, 1.82) is 0 Å². The number of piperazine rings is 1. The fourth-order valence-corrected chi connectivity index (χ4v) is 2.19. The predicted octanol–water partition coefficient (Wildman–Crippen LogP) is 1.29. The molecule has 1 aliphatic heterocycles. The van der Waals surface area contributed by atoms with Crippen LogP contribution in [0.2, 0.25) is 0 Å². The average Bonchev–Trinajstić information content (AvgIpc) is 2.56. The van der Waals surface area contributed by atoms with E-state index in [0.717, 1.165) is 13.1 Å². The van der Waals surface area contributed by atoms with Crippen LogP contribution in [0.15, 0.2) is 30.6 Å². The molecule has 7 nitrogen and oxygen atoms in total. The van der Waals surface area contributed by atoms with Gasteiger partial charge in [0, 0.05) is 45.2 Å². The highest BCUT2D eigenvalue weighted by atomic mass is 16.6. The lowest BCUT2D eigenvalue weighted by atomic mass is 10.2. The van der Waals surface area contributed by atoms with Crippen molar-refractivity contribution in [3.8, 4) is 0 Å². The number of carbonyl (C=O) groups is 1. The molecule has 0 aliphatic carbocycles. The summed E-state index contributed by atoms with van der Waals surface area (Å²) in [4.78, 5) is 19.4. The third-order valence-electron chi connectivity index (χ3n) is 3.43. The molecule has 0 bridgehead atoms. The molecule has 2 rings (SSSR count). The Balaban J connectivity index is 0.000000400. The number of rotatable bonds is 3. The molecule has 2 heterocycles. The molecule has 1 fully saturated rings. The second-order valence-electron chi connectivity index (χ2n) is 6.61. The Hall–Kier alpha value is -1.70. The summed E-state index contributed by atoms with van der Waals surface area (Å²) < 4.78 is 5.32. The first kappa shape index (κ1) is 20.3. The zero-order valence-electron chi connectivity index (χ0n) is 14.9. The largest absolute Gasteiger partial charge is 0.444 e. The summed E-state index contributed by atoms with van der Waals surface area (Å²) in [7, 11) is 0. The van der Waals surface area contributed by atoms with Crippen molar-refractivity contribution in [2.24, 2.45) is 5.73 Å². The molecule has 1 saturated heterocycles. The fourth-order valence-electron chi connectivity index (χ4n) is 2.19. The number of aromatic nitrogens is 1. The van der Waals surface area contributed by atoms with E-state index in [9.17, 15) is 4.79 Å². The number of hydrogen-bond donors (Lipinski definition) is 2. The number of hydrogen-bond acceptors (Lipinski definition) is 6. The van der Waals surface area contributed by atoms with Crippen LogP contribution in [-0.2, 0) is 4.74 Å². The summed E-state index contributed by atoms with van der Waals surface area (Å²) in [6.45, 7) is 8.35. The molecule has 3 N–H and O–H groups in total. The van der Waals surface area contributed by atoms with Crippen LogP contribution >= 0.6 is 0 Å². The second kappa shape index (κ2) is 10.2. The zero-order chi connectivity index (χ0) is 18.0. The monoisotopic (exact) mass is 338 g/mol. The van der Waals surface area contributed by atoms with Gasteiger partial charge in [0.05, 0.1) is 6.17 Å². The smallest absolute Gasteiger partial charge is 0.410 e. The number of carbonyl (C=O) groups excluding carboxylic acids is 1. The Morgan fingerprint density at radius 2 is 1.79 bits per heavy atom. The van der Waals surface area contributed by atoms with Crippen LogP contribution in [0.4, 0.5) is 4.79 Å². The quantitative estimate of drug-likeness (QED) is 0.863. The Morgan fingerprint density at radius 3 is 2.17 bits per heavy atom. The summed E-state index contributed by atoms with van der Waals surface area (Å²) in [6.07, 6.45) is 3.67. The summed E-state index contributed by atoms with van der Waals surface area (Å²) in [6, 6.07) is 5.72. The number of aliphatic hydroxyl groups is 1. The van der Waals surface area contributed by atoms with Gasteiger partial charge < -0.3 is 20.5 Å². The minimum absolute atomic E-state index is 0.0907. The highest BCUT2D eigenvalue weighted by Gasteiger charge is 2.27.